The Morgan fingerprint density at radius 2 is 2.32 bits per heavy atom. The van der Waals surface area contributed by atoms with Crippen LogP contribution in [-0.4, -0.2) is 32.3 Å². The van der Waals surface area contributed by atoms with E-state index in [0.717, 1.165) is 47.3 Å². The summed E-state index contributed by atoms with van der Waals surface area (Å²) in [4.78, 5) is 14.9. The fraction of sp³-hybridized carbons (Fsp3) is 0.533. The van der Waals surface area contributed by atoms with Crippen molar-refractivity contribution >= 4 is 21.8 Å². The highest BCUT2D eigenvalue weighted by molar-refractivity contribution is 9.10. The minimum atomic E-state index is -0.00275. The molecule has 1 atom stereocenters. The molecule has 1 aliphatic rings. The Morgan fingerprint density at radius 3 is 2.95 bits per heavy atom. The van der Waals surface area contributed by atoms with E-state index >= 15 is 0 Å². The molecule has 0 saturated carbocycles. The summed E-state index contributed by atoms with van der Waals surface area (Å²) >= 11 is 3.41. The Kier molecular flexibility index (Phi) is 4.08. The maximum atomic E-state index is 13.0. The van der Waals surface area contributed by atoms with Gasteiger partial charge in [-0.1, -0.05) is 12.1 Å². The average molecular weight is 367 g/mol. The highest BCUT2D eigenvalue weighted by Gasteiger charge is 2.36. The van der Waals surface area contributed by atoms with Gasteiger partial charge in [0.2, 0.25) is 0 Å². The van der Waals surface area contributed by atoms with Crippen LogP contribution in [0.15, 0.2) is 15.2 Å². The first-order valence-electron chi connectivity index (χ1n) is 7.48. The summed E-state index contributed by atoms with van der Waals surface area (Å²) < 4.78 is 7.75. The molecule has 2 aromatic heterocycles. The van der Waals surface area contributed by atoms with Crippen molar-refractivity contribution in [2.45, 2.75) is 39.2 Å². The average Bonchev–Trinajstić information content (AvgIpc) is 3.17. The maximum absolute atomic E-state index is 13.0. The van der Waals surface area contributed by atoms with Crippen LogP contribution in [0, 0.1) is 6.92 Å². The van der Waals surface area contributed by atoms with Crippen molar-refractivity contribution in [2.24, 2.45) is 7.05 Å². The third-order valence-corrected chi connectivity index (χ3v) is 4.83. The minimum absolute atomic E-state index is 0.00275. The van der Waals surface area contributed by atoms with Crippen LogP contribution in [0.4, 0.5) is 0 Å². The number of likely N-dealkylation sites (tertiary alicyclic amines) is 1. The van der Waals surface area contributed by atoms with Crippen LogP contribution >= 0.6 is 15.9 Å². The second-order valence-corrected chi connectivity index (χ2v) is 6.43. The third kappa shape index (κ3) is 2.37. The predicted octanol–water partition coefficient (Wildman–Crippen LogP) is 3.02. The van der Waals surface area contributed by atoms with Crippen molar-refractivity contribution < 1.29 is 9.32 Å². The summed E-state index contributed by atoms with van der Waals surface area (Å²) in [5, 5.41) is 8.22. The van der Waals surface area contributed by atoms with Gasteiger partial charge >= 0.3 is 0 Å². The molecule has 0 aliphatic carbocycles. The lowest BCUT2D eigenvalue weighted by Gasteiger charge is -2.25. The zero-order chi connectivity index (χ0) is 15.9. The van der Waals surface area contributed by atoms with Crippen LogP contribution < -0.4 is 0 Å². The zero-order valence-corrected chi connectivity index (χ0v) is 14.6. The van der Waals surface area contributed by atoms with Crippen molar-refractivity contribution in [1.29, 1.82) is 0 Å². The summed E-state index contributed by atoms with van der Waals surface area (Å²) in [6.45, 7) is 4.73. The summed E-state index contributed by atoms with van der Waals surface area (Å²) in [5.74, 6) is 0.878. The van der Waals surface area contributed by atoms with Crippen LogP contribution in [0.2, 0.25) is 0 Å². The van der Waals surface area contributed by atoms with Crippen molar-refractivity contribution in [2.75, 3.05) is 6.54 Å². The Bertz CT molecular complexity index is 687. The Morgan fingerprint density at radius 1 is 1.55 bits per heavy atom. The number of hydrogen-bond donors (Lipinski definition) is 0. The molecule has 7 heteroatoms. The van der Waals surface area contributed by atoms with Crippen molar-refractivity contribution in [1.82, 2.24) is 19.8 Å². The Hall–Kier alpha value is -1.63. The van der Waals surface area contributed by atoms with E-state index in [4.69, 9.17) is 4.52 Å². The first-order chi connectivity index (χ1) is 10.5. The number of carbonyl (C=O) groups is 1. The first kappa shape index (κ1) is 15.3. The fourth-order valence-corrected chi connectivity index (χ4v) is 3.72. The summed E-state index contributed by atoms with van der Waals surface area (Å²) in [6.07, 6.45) is 4.36. The normalized spacial score (nSPS) is 18.2. The van der Waals surface area contributed by atoms with Gasteiger partial charge in [0.1, 0.15) is 11.5 Å². The lowest BCUT2D eigenvalue weighted by atomic mass is 10.0. The van der Waals surface area contributed by atoms with E-state index in [0.29, 0.717) is 5.69 Å². The second-order valence-electron chi connectivity index (χ2n) is 5.58. The number of aryl methyl sites for hydroxylation is 3. The van der Waals surface area contributed by atoms with Gasteiger partial charge in [-0.25, -0.2) is 0 Å². The molecule has 1 saturated heterocycles. The van der Waals surface area contributed by atoms with Gasteiger partial charge in [0, 0.05) is 25.6 Å². The van der Waals surface area contributed by atoms with Crippen LogP contribution in [0.25, 0.3) is 0 Å². The molecule has 0 spiro atoms. The summed E-state index contributed by atoms with van der Waals surface area (Å²) in [6, 6.07) is 0.0375. The molecule has 22 heavy (non-hydrogen) atoms. The van der Waals surface area contributed by atoms with Crippen molar-refractivity contribution in [3.05, 3.63) is 33.4 Å². The van der Waals surface area contributed by atoms with Gasteiger partial charge in [-0.15, -0.1) is 0 Å². The van der Waals surface area contributed by atoms with E-state index in [2.05, 4.69) is 26.2 Å². The molecule has 3 heterocycles. The molecule has 0 bridgehead atoms. The van der Waals surface area contributed by atoms with Gasteiger partial charge in [0.25, 0.3) is 5.91 Å². The molecule has 1 fully saturated rings. The monoisotopic (exact) mass is 366 g/mol. The quantitative estimate of drug-likeness (QED) is 0.837. The molecule has 2 aromatic rings. The third-order valence-electron chi connectivity index (χ3n) is 4.25. The number of amides is 1. The number of halogens is 1. The number of carbonyl (C=O) groups excluding carboxylic acids is 1. The van der Waals surface area contributed by atoms with Gasteiger partial charge in [0.05, 0.1) is 22.4 Å². The molecule has 1 unspecified atom stereocenters. The highest BCUT2D eigenvalue weighted by atomic mass is 79.9. The molecule has 1 amide bonds. The van der Waals surface area contributed by atoms with Crippen LogP contribution in [0.5, 0.6) is 0 Å². The van der Waals surface area contributed by atoms with E-state index in [9.17, 15) is 4.79 Å². The van der Waals surface area contributed by atoms with E-state index in [1.165, 1.54) is 0 Å². The Labute approximate surface area is 137 Å². The van der Waals surface area contributed by atoms with E-state index < -0.39 is 0 Å². The Balaban J connectivity index is 1.97. The van der Waals surface area contributed by atoms with E-state index in [-0.39, 0.29) is 11.9 Å². The van der Waals surface area contributed by atoms with E-state index in [1.807, 2.05) is 18.7 Å². The molecular weight excluding hydrogens is 348 g/mol. The molecule has 0 radical (unpaired) electrons. The molecule has 3 rings (SSSR count). The van der Waals surface area contributed by atoms with Crippen molar-refractivity contribution in [3.63, 3.8) is 0 Å². The number of hydrogen-bond acceptors (Lipinski definition) is 4. The number of rotatable bonds is 3. The lowest BCUT2D eigenvalue weighted by molar-refractivity contribution is 0.0722. The number of aromatic nitrogens is 3. The highest BCUT2D eigenvalue weighted by Crippen LogP contribution is 2.37. The summed E-state index contributed by atoms with van der Waals surface area (Å²) in [5.41, 5.74) is 2.54. The lowest BCUT2D eigenvalue weighted by Crippen LogP contribution is -2.32. The second kappa shape index (κ2) is 5.87. The topological polar surface area (TPSA) is 64.2 Å². The van der Waals surface area contributed by atoms with Crippen LogP contribution in [0.3, 0.4) is 0 Å². The van der Waals surface area contributed by atoms with Gasteiger partial charge in [-0.2, -0.15) is 5.10 Å². The summed E-state index contributed by atoms with van der Waals surface area (Å²) in [7, 11) is 1.78. The first-order valence-corrected chi connectivity index (χ1v) is 8.27. The largest absolute Gasteiger partial charge is 0.361 e. The number of nitrogens with zero attached hydrogens (tertiary/aromatic N) is 4. The smallest absolute Gasteiger partial charge is 0.273 e. The standard InChI is InChI=1S/C15H19BrN4O2/c1-4-12-13(9(2)18-22-12)11-6-5-7-20(11)15(21)14-10(16)8-17-19(14)3/h8,11H,4-7H2,1-3H3. The molecular formula is C15H19BrN4O2. The van der Waals surface area contributed by atoms with Gasteiger partial charge < -0.3 is 9.42 Å². The molecule has 0 N–H and O–H groups in total. The molecule has 6 nitrogen and oxygen atoms in total. The van der Waals surface area contributed by atoms with Crippen molar-refractivity contribution in [3.8, 4) is 0 Å². The fourth-order valence-electron chi connectivity index (χ4n) is 3.20. The van der Waals surface area contributed by atoms with Crippen LogP contribution in [0.1, 0.15) is 53.3 Å². The van der Waals surface area contributed by atoms with Gasteiger partial charge in [-0.3, -0.25) is 9.48 Å². The maximum Gasteiger partial charge on any atom is 0.273 e. The molecule has 118 valence electrons. The van der Waals surface area contributed by atoms with Gasteiger partial charge in [0.15, 0.2) is 0 Å². The molecule has 1 aliphatic heterocycles. The molecule has 0 aromatic carbocycles. The van der Waals surface area contributed by atoms with Gasteiger partial charge in [-0.05, 0) is 35.7 Å². The van der Waals surface area contributed by atoms with E-state index in [1.54, 1.807) is 17.9 Å². The zero-order valence-electron chi connectivity index (χ0n) is 13.0. The SMILES string of the molecule is CCc1onc(C)c1C1CCCN1C(=O)c1c(Br)cnn1C. The van der Waals surface area contributed by atoms with Crippen LogP contribution in [-0.2, 0) is 13.5 Å². The minimum Gasteiger partial charge on any atom is -0.361 e. The predicted molar refractivity (Wildman–Crippen MR) is 84.5 cm³/mol.